The van der Waals surface area contributed by atoms with Crippen LogP contribution in [0.2, 0.25) is 0 Å². The van der Waals surface area contributed by atoms with E-state index in [0.717, 1.165) is 32.3 Å². The number of hydrogen-bond acceptors (Lipinski definition) is 3. The Kier molecular flexibility index (Phi) is 5.10. The zero-order valence-corrected chi connectivity index (χ0v) is 17.7. The molecule has 4 aliphatic carbocycles. The van der Waals surface area contributed by atoms with Gasteiger partial charge in [-0.2, -0.15) is 0 Å². The van der Waals surface area contributed by atoms with Gasteiger partial charge in [0, 0.05) is 18.6 Å². The highest BCUT2D eigenvalue weighted by molar-refractivity contribution is 5.36. The Morgan fingerprint density at radius 2 is 1.81 bits per heavy atom. The van der Waals surface area contributed by atoms with Gasteiger partial charge in [0.25, 0.3) is 0 Å². The van der Waals surface area contributed by atoms with Gasteiger partial charge in [0.1, 0.15) is 0 Å². The van der Waals surface area contributed by atoms with Crippen LogP contribution in [0.25, 0.3) is 0 Å². The Hall–Kier alpha value is -0.640. The SMILES string of the molecule is CCOC[C@]1(O)CC[C@H]2[C@@H]3C=CC4=CC(OCC)CC[C@]4(C)[C@H]3CC[C@@]21C. The van der Waals surface area contributed by atoms with Crippen molar-refractivity contribution in [2.45, 2.75) is 77.9 Å². The molecule has 0 aromatic heterocycles. The van der Waals surface area contributed by atoms with Crippen molar-refractivity contribution in [1.82, 2.24) is 0 Å². The summed E-state index contributed by atoms with van der Waals surface area (Å²) in [7, 11) is 0. The lowest BCUT2D eigenvalue weighted by Gasteiger charge is -2.57. The Balaban J connectivity index is 1.62. The van der Waals surface area contributed by atoms with Crippen molar-refractivity contribution < 1.29 is 14.6 Å². The third-order valence-electron chi connectivity index (χ3n) is 8.87. The van der Waals surface area contributed by atoms with E-state index >= 15 is 0 Å². The summed E-state index contributed by atoms with van der Waals surface area (Å²) in [5.41, 5.74) is 1.10. The molecule has 4 aliphatic rings. The van der Waals surface area contributed by atoms with E-state index in [1.165, 1.54) is 18.4 Å². The van der Waals surface area contributed by atoms with E-state index in [4.69, 9.17) is 9.47 Å². The molecule has 3 heteroatoms. The van der Waals surface area contributed by atoms with Gasteiger partial charge < -0.3 is 14.6 Å². The summed E-state index contributed by atoms with van der Waals surface area (Å²) in [5, 5.41) is 11.5. The summed E-state index contributed by atoms with van der Waals surface area (Å²) < 4.78 is 11.6. The van der Waals surface area contributed by atoms with Crippen LogP contribution in [-0.4, -0.2) is 36.6 Å². The van der Waals surface area contributed by atoms with E-state index < -0.39 is 5.60 Å². The molecule has 0 spiro atoms. The normalized spacial score (nSPS) is 48.6. The van der Waals surface area contributed by atoms with Crippen LogP contribution in [0.1, 0.15) is 66.2 Å². The zero-order valence-electron chi connectivity index (χ0n) is 17.7. The number of fused-ring (bicyclic) bond motifs is 5. The molecule has 7 atom stereocenters. The molecule has 0 amide bonds. The van der Waals surface area contributed by atoms with Crippen LogP contribution in [0.5, 0.6) is 0 Å². The summed E-state index contributed by atoms with van der Waals surface area (Å²) >= 11 is 0. The van der Waals surface area contributed by atoms with E-state index in [0.29, 0.717) is 31.0 Å². The first-order valence-corrected chi connectivity index (χ1v) is 11.2. The molecule has 0 saturated heterocycles. The molecule has 0 bridgehead atoms. The van der Waals surface area contributed by atoms with Gasteiger partial charge in [-0.1, -0.05) is 32.1 Å². The minimum Gasteiger partial charge on any atom is -0.387 e. The van der Waals surface area contributed by atoms with Crippen molar-refractivity contribution in [2.24, 2.45) is 28.6 Å². The van der Waals surface area contributed by atoms with Gasteiger partial charge in [0.05, 0.1) is 18.3 Å². The first-order chi connectivity index (χ1) is 12.9. The monoisotopic (exact) mass is 374 g/mol. The van der Waals surface area contributed by atoms with E-state index in [1.54, 1.807) is 0 Å². The Morgan fingerprint density at radius 3 is 2.56 bits per heavy atom. The van der Waals surface area contributed by atoms with Crippen LogP contribution in [0.3, 0.4) is 0 Å². The third kappa shape index (κ3) is 2.88. The molecule has 1 unspecified atom stereocenters. The molecule has 0 aromatic carbocycles. The summed E-state index contributed by atoms with van der Waals surface area (Å²) in [5.74, 6) is 1.86. The van der Waals surface area contributed by atoms with Gasteiger partial charge in [-0.05, 0) is 81.1 Å². The minimum absolute atomic E-state index is 0.0201. The molecule has 4 rings (SSSR count). The maximum Gasteiger partial charge on any atom is 0.0936 e. The second-order valence-electron chi connectivity index (χ2n) is 9.88. The number of allylic oxidation sites excluding steroid dienone is 3. The molecule has 0 aliphatic heterocycles. The summed E-state index contributed by atoms with van der Waals surface area (Å²) in [6, 6.07) is 0. The van der Waals surface area contributed by atoms with Crippen molar-refractivity contribution in [1.29, 1.82) is 0 Å². The third-order valence-corrected chi connectivity index (χ3v) is 8.87. The first kappa shape index (κ1) is 19.7. The predicted octanol–water partition coefficient (Wildman–Crippen LogP) is 4.90. The molecule has 1 N–H and O–H groups in total. The van der Waals surface area contributed by atoms with Crippen LogP contribution < -0.4 is 0 Å². The van der Waals surface area contributed by atoms with Gasteiger partial charge in [0.2, 0.25) is 0 Å². The number of rotatable bonds is 5. The lowest BCUT2D eigenvalue weighted by Crippen LogP contribution is -2.55. The van der Waals surface area contributed by atoms with Crippen LogP contribution in [0.15, 0.2) is 23.8 Å². The van der Waals surface area contributed by atoms with Gasteiger partial charge in [-0.15, -0.1) is 0 Å². The Labute approximate surface area is 165 Å². The standard InChI is InChI=1S/C24H38O3/c1-5-26-16-24(25)14-11-21-19-8-7-17-15-18(27-6-2)9-12-22(17,3)20(19)10-13-23(21,24)4/h7-8,15,18-21,25H,5-6,9-14,16H2,1-4H3/t18?,19-,20+,21+,22+,23+,24-/m1/s1. The average molecular weight is 375 g/mol. The van der Waals surface area contributed by atoms with Gasteiger partial charge in [-0.25, -0.2) is 0 Å². The van der Waals surface area contributed by atoms with Crippen LogP contribution in [-0.2, 0) is 9.47 Å². The fourth-order valence-corrected chi connectivity index (χ4v) is 7.09. The number of hydrogen-bond donors (Lipinski definition) is 1. The molecule has 0 radical (unpaired) electrons. The molecule has 0 aromatic rings. The largest absolute Gasteiger partial charge is 0.387 e. The molecule has 27 heavy (non-hydrogen) atoms. The summed E-state index contributed by atoms with van der Waals surface area (Å²) in [6.45, 7) is 10.9. The highest BCUT2D eigenvalue weighted by atomic mass is 16.5. The van der Waals surface area contributed by atoms with E-state index in [-0.39, 0.29) is 16.9 Å². The van der Waals surface area contributed by atoms with Gasteiger partial charge in [-0.3, -0.25) is 0 Å². The van der Waals surface area contributed by atoms with Crippen LogP contribution in [0, 0.1) is 28.6 Å². The zero-order chi connectivity index (χ0) is 19.3. The van der Waals surface area contributed by atoms with Crippen molar-refractivity contribution in [3.05, 3.63) is 23.8 Å². The fourth-order valence-electron chi connectivity index (χ4n) is 7.09. The average Bonchev–Trinajstić information content (AvgIpc) is 2.92. The molecule has 2 fully saturated rings. The second-order valence-corrected chi connectivity index (χ2v) is 9.88. The van der Waals surface area contributed by atoms with Crippen molar-refractivity contribution in [3.63, 3.8) is 0 Å². The van der Waals surface area contributed by atoms with Crippen molar-refractivity contribution in [3.8, 4) is 0 Å². The van der Waals surface area contributed by atoms with Crippen molar-refractivity contribution >= 4 is 0 Å². The van der Waals surface area contributed by atoms with Crippen LogP contribution >= 0.6 is 0 Å². The fraction of sp³-hybridized carbons (Fsp3) is 0.833. The maximum atomic E-state index is 11.5. The first-order valence-electron chi connectivity index (χ1n) is 11.2. The Morgan fingerprint density at radius 1 is 1.04 bits per heavy atom. The summed E-state index contributed by atoms with van der Waals surface area (Å²) in [6.07, 6.45) is 14.3. The molecule has 3 nitrogen and oxygen atoms in total. The molecule has 152 valence electrons. The molecular formula is C24H38O3. The quantitative estimate of drug-likeness (QED) is 0.744. The summed E-state index contributed by atoms with van der Waals surface area (Å²) in [4.78, 5) is 0. The lowest BCUT2D eigenvalue weighted by molar-refractivity contribution is -0.146. The molecule has 2 saturated carbocycles. The van der Waals surface area contributed by atoms with Crippen LogP contribution in [0.4, 0.5) is 0 Å². The van der Waals surface area contributed by atoms with Gasteiger partial charge in [0.15, 0.2) is 0 Å². The second kappa shape index (κ2) is 7.00. The van der Waals surface area contributed by atoms with E-state index in [2.05, 4.69) is 39.0 Å². The number of aliphatic hydroxyl groups is 1. The number of ether oxygens (including phenoxy) is 2. The van der Waals surface area contributed by atoms with Gasteiger partial charge >= 0.3 is 0 Å². The maximum absolute atomic E-state index is 11.5. The van der Waals surface area contributed by atoms with Crippen molar-refractivity contribution in [2.75, 3.05) is 19.8 Å². The predicted molar refractivity (Wildman–Crippen MR) is 108 cm³/mol. The highest BCUT2D eigenvalue weighted by Gasteiger charge is 2.63. The highest BCUT2D eigenvalue weighted by Crippen LogP contribution is 2.66. The molecule has 0 heterocycles. The minimum atomic E-state index is -0.657. The van der Waals surface area contributed by atoms with E-state index in [9.17, 15) is 5.11 Å². The Bertz CT molecular complexity index is 625. The smallest absolute Gasteiger partial charge is 0.0936 e. The van der Waals surface area contributed by atoms with E-state index in [1.807, 2.05) is 6.92 Å². The molecular weight excluding hydrogens is 336 g/mol. The topological polar surface area (TPSA) is 38.7 Å². The lowest BCUT2D eigenvalue weighted by atomic mass is 9.48.